The molecule has 0 saturated heterocycles. The van der Waals surface area contributed by atoms with Crippen molar-refractivity contribution in [3.8, 4) is 0 Å². The van der Waals surface area contributed by atoms with Gasteiger partial charge in [0.2, 0.25) is 5.78 Å². The average molecular weight is 291 g/mol. The van der Waals surface area contributed by atoms with Crippen molar-refractivity contribution in [1.82, 2.24) is 9.97 Å². The second-order valence-corrected chi connectivity index (χ2v) is 4.60. The molecule has 0 atom stereocenters. The lowest BCUT2D eigenvalue weighted by Gasteiger charge is -2.09. The highest BCUT2D eigenvalue weighted by Gasteiger charge is 2.17. The molecule has 0 fully saturated rings. The van der Waals surface area contributed by atoms with E-state index in [4.69, 9.17) is 0 Å². The summed E-state index contributed by atoms with van der Waals surface area (Å²) in [5.41, 5.74) is 2.98. The fourth-order valence-corrected chi connectivity index (χ4v) is 2.22. The van der Waals surface area contributed by atoms with Gasteiger partial charge in [0, 0.05) is 22.4 Å². The Balaban J connectivity index is 2.56. The normalized spacial score (nSPS) is 10.3. The average Bonchev–Trinajstić information content (AvgIpc) is 2.35. The van der Waals surface area contributed by atoms with Crippen molar-refractivity contribution in [3.63, 3.8) is 0 Å². The van der Waals surface area contributed by atoms with E-state index in [1.807, 2.05) is 26.0 Å². The first kappa shape index (κ1) is 11.9. The van der Waals surface area contributed by atoms with Crippen LogP contribution in [0.4, 0.5) is 0 Å². The van der Waals surface area contributed by atoms with E-state index in [1.54, 1.807) is 6.20 Å². The molecule has 4 heteroatoms. The van der Waals surface area contributed by atoms with Gasteiger partial charge in [-0.1, -0.05) is 12.1 Å². The lowest BCUT2D eigenvalue weighted by atomic mass is 10.0. The predicted molar refractivity (Wildman–Crippen MR) is 69.1 cm³/mol. The van der Waals surface area contributed by atoms with Gasteiger partial charge in [0.25, 0.3) is 0 Å². The van der Waals surface area contributed by atoms with Gasteiger partial charge in [0.05, 0.1) is 6.20 Å². The highest BCUT2D eigenvalue weighted by Crippen LogP contribution is 2.26. The minimum absolute atomic E-state index is 0.105. The largest absolute Gasteiger partial charge is 0.287 e. The number of hydrogen-bond acceptors (Lipinski definition) is 3. The standard InChI is InChI=1S/C13H11BrN2O/c1-8-3-4-9(2)12(14)11(8)13(17)10-7-15-5-6-16-10/h3-7H,1-2H3. The number of ketones is 1. The van der Waals surface area contributed by atoms with Crippen LogP contribution in [0.25, 0.3) is 0 Å². The van der Waals surface area contributed by atoms with Crippen LogP contribution in [0.2, 0.25) is 0 Å². The van der Waals surface area contributed by atoms with E-state index >= 15 is 0 Å². The minimum atomic E-state index is -0.105. The van der Waals surface area contributed by atoms with Crippen molar-refractivity contribution in [3.05, 3.63) is 57.6 Å². The summed E-state index contributed by atoms with van der Waals surface area (Å²) in [6.45, 7) is 3.87. The number of nitrogens with zero attached hydrogens (tertiary/aromatic N) is 2. The fourth-order valence-electron chi connectivity index (χ4n) is 1.60. The van der Waals surface area contributed by atoms with Crippen LogP contribution in [0.15, 0.2) is 35.2 Å². The molecule has 0 spiro atoms. The van der Waals surface area contributed by atoms with E-state index in [1.165, 1.54) is 12.4 Å². The summed E-state index contributed by atoms with van der Waals surface area (Å²) >= 11 is 3.46. The van der Waals surface area contributed by atoms with E-state index in [0.29, 0.717) is 11.3 Å². The molecular weight excluding hydrogens is 280 g/mol. The Labute approximate surface area is 108 Å². The number of benzene rings is 1. The Bertz CT molecular complexity index is 567. The summed E-state index contributed by atoms with van der Waals surface area (Å²) in [6, 6.07) is 3.91. The third-order valence-electron chi connectivity index (χ3n) is 2.57. The summed E-state index contributed by atoms with van der Waals surface area (Å²) in [5.74, 6) is -0.105. The first-order valence-corrected chi connectivity index (χ1v) is 5.97. The molecule has 2 rings (SSSR count). The maximum absolute atomic E-state index is 12.3. The quantitative estimate of drug-likeness (QED) is 0.799. The molecule has 1 heterocycles. The minimum Gasteiger partial charge on any atom is -0.287 e. The lowest BCUT2D eigenvalue weighted by Crippen LogP contribution is -2.08. The molecule has 0 aliphatic carbocycles. The SMILES string of the molecule is Cc1ccc(C)c(C(=O)c2cnccn2)c1Br. The summed E-state index contributed by atoms with van der Waals surface area (Å²) in [7, 11) is 0. The smallest absolute Gasteiger partial charge is 0.214 e. The first-order valence-electron chi connectivity index (χ1n) is 5.17. The van der Waals surface area contributed by atoms with Gasteiger partial charge in [0.1, 0.15) is 5.69 Å². The molecule has 1 aromatic carbocycles. The van der Waals surface area contributed by atoms with E-state index < -0.39 is 0 Å². The zero-order chi connectivity index (χ0) is 12.4. The van der Waals surface area contributed by atoms with Gasteiger partial charge in [-0.3, -0.25) is 9.78 Å². The Morgan fingerprint density at radius 1 is 1.18 bits per heavy atom. The van der Waals surface area contributed by atoms with Crippen LogP contribution in [0, 0.1) is 13.8 Å². The van der Waals surface area contributed by atoms with Crippen LogP contribution in [0.5, 0.6) is 0 Å². The Hall–Kier alpha value is -1.55. The predicted octanol–water partition coefficient (Wildman–Crippen LogP) is 3.09. The van der Waals surface area contributed by atoms with Gasteiger partial charge in [-0.15, -0.1) is 0 Å². The molecule has 3 nitrogen and oxygen atoms in total. The molecule has 0 bridgehead atoms. The molecule has 0 radical (unpaired) electrons. The number of aryl methyl sites for hydroxylation is 2. The number of aromatic nitrogens is 2. The maximum atomic E-state index is 12.3. The van der Waals surface area contributed by atoms with Gasteiger partial charge in [-0.2, -0.15) is 0 Å². The lowest BCUT2D eigenvalue weighted by molar-refractivity contribution is 0.103. The third kappa shape index (κ3) is 2.26. The molecule has 0 aliphatic heterocycles. The van der Waals surface area contributed by atoms with Crippen molar-refractivity contribution in [2.24, 2.45) is 0 Å². The number of carbonyl (C=O) groups excluding carboxylic acids is 1. The van der Waals surface area contributed by atoms with E-state index in [9.17, 15) is 4.79 Å². The van der Waals surface area contributed by atoms with Crippen LogP contribution in [-0.4, -0.2) is 15.8 Å². The van der Waals surface area contributed by atoms with Crippen molar-refractivity contribution < 1.29 is 4.79 Å². The maximum Gasteiger partial charge on any atom is 0.214 e. The molecule has 0 amide bonds. The molecule has 0 unspecified atom stereocenters. The van der Waals surface area contributed by atoms with Crippen LogP contribution in [0.1, 0.15) is 27.2 Å². The van der Waals surface area contributed by atoms with Gasteiger partial charge < -0.3 is 0 Å². The van der Waals surface area contributed by atoms with Crippen LogP contribution in [-0.2, 0) is 0 Å². The molecule has 17 heavy (non-hydrogen) atoms. The number of hydrogen-bond donors (Lipinski definition) is 0. The highest BCUT2D eigenvalue weighted by atomic mass is 79.9. The van der Waals surface area contributed by atoms with Crippen LogP contribution >= 0.6 is 15.9 Å². The molecule has 86 valence electrons. The van der Waals surface area contributed by atoms with Crippen molar-refractivity contribution in [2.45, 2.75) is 13.8 Å². The van der Waals surface area contributed by atoms with E-state index in [-0.39, 0.29) is 5.78 Å². The fraction of sp³-hybridized carbons (Fsp3) is 0.154. The van der Waals surface area contributed by atoms with Crippen molar-refractivity contribution in [1.29, 1.82) is 0 Å². The van der Waals surface area contributed by atoms with E-state index in [0.717, 1.165) is 15.6 Å². The number of rotatable bonds is 2. The number of carbonyl (C=O) groups is 1. The topological polar surface area (TPSA) is 42.9 Å². The van der Waals surface area contributed by atoms with Gasteiger partial charge in [0.15, 0.2) is 0 Å². The second-order valence-electron chi connectivity index (χ2n) is 3.81. The van der Waals surface area contributed by atoms with Crippen LogP contribution < -0.4 is 0 Å². The van der Waals surface area contributed by atoms with Gasteiger partial charge >= 0.3 is 0 Å². The summed E-state index contributed by atoms with van der Waals surface area (Å²) in [5, 5.41) is 0. The van der Waals surface area contributed by atoms with E-state index in [2.05, 4.69) is 25.9 Å². The van der Waals surface area contributed by atoms with Gasteiger partial charge in [-0.05, 0) is 40.9 Å². The highest BCUT2D eigenvalue weighted by molar-refractivity contribution is 9.10. The summed E-state index contributed by atoms with van der Waals surface area (Å²) < 4.78 is 0.827. The molecule has 0 saturated carbocycles. The third-order valence-corrected chi connectivity index (χ3v) is 3.59. The second kappa shape index (κ2) is 4.75. The van der Waals surface area contributed by atoms with Crippen molar-refractivity contribution in [2.75, 3.05) is 0 Å². The molecule has 1 aromatic heterocycles. The summed E-state index contributed by atoms with van der Waals surface area (Å²) in [6.07, 6.45) is 4.55. The Kier molecular flexibility index (Phi) is 3.33. The zero-order valence-corrected chi connectivity index (χ0v) is 11.2. The molecule has 0 aliphatic rings. The monoisotopic (exact) mass is 290 g/mol. The first-order chi connectivity index (χ1) is 8.11. The Morgan fingerprint density at radius 3 is 2.53 bits per heavy atom. The Morgan fingerprint density at radius 2 is 1.88 bits per heavy atom. The zero-order valence-electron chi connectivity index (χ0n) is 9.57. The molecule has 0 N–H and O–H groups in total. The van der Waals surface area contributed by atoms with Gasteiger partial charge in [-0.25, -0.2) is 4.98 Å². The number of halogens is 1. The molecule has 2 aromatic rings. The molecular formula is C13H11BrN2O. The van der Waals surface area contributed by atoms with Crippen LogP contribution in [0.3, 0.4) is 0 Å². The summed E-state index contributed by atoms with van der Waals surface area (Å²) in [4.78, 5) is 20.3. The van der Waals surface area contributed by atoms with Crippen molar-refractivity contribution >= 4 is 21.7 Å².